The molecule has 6 nitrogen and oxygen atoms in total. The summed E-state index contributed by atoms with van der Waals surface area (Å²) in [6, 6.07) is 16.2. The van der Waals surface area contributed by atoms with Crippen molar-refractivity contribution in [1.82, 2.24) is 20.2 Å². The summed E-state index contributed by atoms with van der Waals surface area (Å²) >= 11 is 0. The molecule has 2 N–H and O–H groups in total. The Kier molecular flexibility index (Phi) is 8.56. The number of imidazole rings is 1. The number of fused-ring (bicyclic) bond motifs is 1. The van der Waals surface area contributed by atoms with Crippen LogP contribution in [0.1, 0.15) is 18.3 Å². The Hall–Kier alpha value is -2.29. The predicted octanol–water partition coefficient (Wildman–Crippen LogP) is 3.73. The maximum Gasteiger partial charge on any atom is 0.191 e. The van der Waals surface area contributed by atoms with Gasteiger partial charge in [0.25, 0.3) is 0 Å². The minimum Gasteiger partial charge on any atom is -0.496 e. The van der Waals surface area contributed by atoms with Gasteiger partial charge in [0.2, 0.25) is 0 Å². The summed E-state index contributed by atoms with van der Waals surface area (Å²) in [7, 11) is 1.68. The molecule has 0 spiro atoms. The minimum atomic E-state index is 0. The number of guanidine groups is 1. The molecule has 0 aliphatic rings. The summed E-state index contributed by atoms with van der Waals surface area (Å²) in [6.45, 7) is 7.07. The van der Waals surface area contributed by atoms with Gasteiger partial charge in [-0.15, -0.1) is 24.0 Å². The number of para-hydroxylation sites is 3. The number of methoxy groups -OCH3 is 1. The van der Waals surface area contributed by atoms with Crippen LogP contribution < -0.4 is 15.4 Å². The lowest BCUT2D eigenvalue weighted by Gasteiger charge is -2.13. The number of aryl methyl sites for hydroxylation is 1. The zero-order valence-electron chi connectivity index (χ0n) is 16.6. The van der Waals surface area contributed by atoms with Crippen molar-refractivity contribution in [1.29, 1.82) is 0 Å². The van der Waals surface area contributed by atoms with Gasteiger partial charge in [-0.25, -0.2) is 9.98 Å². The van der Waals surface area contributed by atoms with E-state index in [1.54, 1.807) is 7.11 Å². The first-order valence-corrected chi connectivity index (χ1v) is 9.29. The van der Waals surface area contributed by atoms with Crippen molar-refractivity contribution in [3.05, 3.63) is 59.9 Å². The van der Waals surface area contributed by atoms with E-state index < -0.39 is 0 Å². The van der Waals surface area contributed by atoms with Gasteiger partial charge in [0.05, 0.1) is 24.7 Å². The Labute approximate surface area is 183 Å². The number of hydrogen-bond donors (Lipinski definition) is 2. The Morgan fingerprint density at radius 2 is 1.86 bits per heavy atom. The van der Waals surface area contributed by atoms with Crippen LogP contribution in [0.2, 0.25) is 0 Å². The number of nitrogens with zero attached hydrogens (tertiary/aromatic N) is 3. The summed E-state index contributed by atoms with van der Waals surface area (Å²) in [5.74, 6) is 2.68. The van der Waals surface area contributed by atoms with Crippen LogP contribution in [0.3, 0.4) is 0 Å². The van der Waals surface area contributed by atoms with Crippen molar-refractivity contribution in [2.75, 3.05) is 20.2 Å². The quantitative estimate of drug-likeness (QED) is 0.299. The van der Waals surface area contributed by atoms with Crippen molar-refractivity contribution in [3.63, 3.8) is 0 Å². The lowest BCUT2D eigenvalue weighted by molar-refractivity contribution is 0.410. The fourth-order valence-corrected chi connectivity index (χ4v) is 3.10. The van der Waals surface area contributed by atoms with Crippen molar-refractivity contribution in [2.45, 2.75) is 26.9 Å². The van der Waals surface area contributed by atoms with Crippen LogP contribution in [0, 0.1) is 6.92 Å². The van der Waals surface area contributed by atoms with Crippen molar-refractivity contribution < 1.29 is 4.74 Å². The van der Waals surface area contributed by atoms with Gasteiger partial charge in [-0.3, -0.25) is 0 Å². The largest absolute Gasteiger partial charge is 0.496 e. The zero-order valence-corrected chi connectivity index (χ0v) is 18.9. The molecule has 150 valence electrons. The molecular formula is C21H28IN5O. The van der Waals surface area contributed by atoms with E-state index >= 15 is 0 Å². The molecule has 0 saturated heterocycles. The summed E-state index contributed by atoms with van der Waals surface area (Å²) in [5, 5.41) is 6.70. The molecule has 0 fully saturated rings. The van der Waals surface area contributed by atoms with Crippen molar-refractivity contribution in [2.24, 2.45) is 4.99 Å². The van der Waals surface area contributed by atoms with E-state index in [0.29, 0.717) is 6.54 Å². The third kappa shape index (κ3) is 5.37. The lowest BCUT2D eigenvalue weighted by Crippen LogP contribution is -2.38. The Bertz CT molecular complexity index is 922. The number of nitrogens with one attached hydrogen (secondary N) is 2. The molecule has 0 aliphatic heterocycles. The highest BCUT2D eigenvalue weighted by atomic mass is 127. The highest BCUT2D eigenvalue weighted by molar-refractivity contribution is 14.0. The fourth-order valence-electron chi connectivity index (χ4n) is 3.10. The maximum absolute atomic E-state index is 5.40. The second kappa shape index (κ2) is 10.9. The Morgan fingerprint density at radius 3 is 2.64 bits per heavy atom. The SMILES string of the molecule is CCNC(=NCc1ccccc1OC)NCCn1c(C)nc2ccccc21.I. The number of benzene rings is 2. The zero-order chi connectivity index (χ0) is 19.1. The summed E-state index contributed by atoms with van der Waals surface area (Å²) in [5.41, 5.74) is 3.26. The number of halogens is 1. The molecule has 2 aromatic carbocycles. The topological polar surface area (TPSA) is 63.5 Å². The summed E-state index contributed by atoms with van der Waals surface area (Å²) in [6.07, 6.45) is 0. The lowest BCUT2D eigenvalue weighted by atomic mass is 10.2. The first-order valence-electron chi connectivity index (χ1n) is 9.29. The second-order valence-electron chi connectivity index (χ2n) is 6.23. The summed E-state index contributed by atoms with van der Waals surface area (Å²) < 4.78 is 7.63. The molecule has 1 aromatic heterocycles. The third-order valence-electron chi connectivity index (χ3n) is 4.42. The van der Waals surface area contributed by atoms with Crippen LogP contribution in [0.5, 0.6) is 5.75 Å². The van der Waals surface area contributed by atoms with E-state index in [4.69, 9.17) is 4.74 Å². The molecule has 1 heterocycles. The molecular weight excluding hydrogens is 465 g/mol. The van der Waals surface area contributed by atoms with Gasteiger partial charge >= 0.3 is 0 Å². The van der Waals surface area contributed by atoms with E-state index in [2.05, 4.69) is 38.2 Å². The standard InChI is InChI=1S/C21H27N5O.HI/c1-4-22-21(24-15-17-9-5-8-12-20(17)27-3)23-13-14-26-16(2)25-18-10-6-7-11-19(18)26;/h5-12H,4,13-15H2,1-3H3,(H2,22,23,24);1H. The van der Waals surface area contributed by atoms with Gasteiger partial charge in [0, 0.05) is 25.2 Å². The first-order chi connectivity index (χ1) is 13.2. The van der Waals surface area contributed by atoms with E-state index in [1.807, 2.05) is 49.4 Å². The molecule has 0 atom stereocenters. The van der Waals surface area contributed by atoms with Crippen LogP contribution >= 0.6 is 24.0 Å². The molecule has 0 saturated carbocycles. The molecule has 0 unspecified atom stereocenters. The van der Waals surface area contributed by atoms with E-state index in [1.165, 1.54) is 0 Å². The van der Waals surface area contributed by atoms with Gasteiger partial charge in [-0.1, -0.05) is 30.3 Å². The number of aromatic nitrogens is 2. The summed E-state index contributed by atoms with van der Waals surface area (Å²) in [4.78, 5) is 9.30. The maximum atomic E-state index is 5.40. The average molecular weight is 493 g/mol. The van der Waals surface area contributed by atoms with Crippen molar-refractivity contribution in [3.8, 4) is 5.75 Å². The molecule has 28 heavy (non-hydrogen) atoms. The number of aliphatic imine (C=N–C) groups is 1. The normalized spacial score (nSPS) is 11.2. The van der Waals surface area contributed by atoms with Gasteiger partial charge in [-0.05, 0) is 32.0 Å². The molecule has 0 amide bonds. The van der Waals surface area contributed by atoms with Crippen molar-refractivity contribution >= 4 is 41.0 Å². The van der Waals surface area contributed by atoms with Gasteiger partial charge < -0.3 is 19.9 Å². The highest BCUT2D eigenvalue weighted by Gasteiger charge is 2.07. The first kappa shape index (κ1) is 22.0. The fraction of sp³-hybridized carbons (Fsp3) is 0.333. The number of rotatable bonds is 7. The van der Waals surface area contributed by atoms with Crippen LogP contribution in [-0.4, -0.2) is 35.7 Å². The van der Waals surface area contributed by atoms with Crippen LogP contribution in [-0.2, 0) is 13.1 Å². The van der Waals surface area contributed by atoms with E-state index in [9.17, 15) is 0 Å². The second-order valence-corrected chi connectivity index (χ2v) is 6.23. The third-order valence-corrected chi connectivity index (χ3v) is 4.42. The van der Waals surface area contributed by atoms with E-state index in [0.717, 1.165) is 53.8 Å². The van der Waals surface area contributed by atoms with Gasteiger partial charge in [0.1, 0.15) is 11.6 Å². The molecule has 7 heteroatoms. The average Bonchev–Trinajstić information content (AvgIpc) is 3.01. The molecule has 3 rings (SSSR count). The van der Waals surface area contributed by atoms with Gasteiger partial charge in [-0.2, -0.15) is 0 Å². The molecule has 0 aliphatic carbocycles. The van der Waals surface area contributed by atoms with Crippen LogP contribution in [0.25, 0.3) is 11.0 Å². The monoisotopic (exact) mass is 493 g/mol. The number of hydrogen-bond acceptors (Lipinski definition) is 3. The van der Waals surface area contributed by atoms with E-state index in [-0.39, 0.29) is 24.0 Å². The number of ether oxygens (including phenoxy) is 1. The van der Waals surface area contributed by atoms with Gasteiger partial charge in [0.15, 0.2) is 5.96 Å². The van der Waals surface area contributed by atoms with Crippen LogP contribution in [0.15, 0.2) is 53.5 Å². The molecule has 3 aromatic rings. The minimum absolute atomic E-state index is 0. The Balaban J connectivity index is 0.00000280. The van der Waals surface area contributed by atoms with Crippen LogP contribution in [0.4, 0.5) is 0 Å². The predicted molar refractivity (Wildman–Crippen MR) is 126 cm³/mol. The smallest absolute Gasteiger partial charge is 0.191 e. The molecule has 0 radical (unpaired) electrons. The Morgan fingerprint density at radius 1 is 1.11 bits per heavy atom. The highest BCUT2D eigenvalue weighted by Crippen LogP contribution is 2.18. The molecule has 0 bridgehead atoms.